The predicted molar refractivity (Wildman–Crippen MR) is 155 cm³/mol. The number of nitrogens with zero attached hydrogens (tertiary/aromatic N) is 1. The molecule has 1 aliphatic heterocycles. The highest BCUT2D eigenvalue weighted by Crippen LogP contribution is 2.38. The van der Waals surface area contributed by atoms with Crippen molar-refractivity contribution in [2.24, 2.45) is 0 Å². The van der Waals surface area contributed by atoms with Crippen LogP contribution in [0.2, 0.25) is 0 Å². The largest absolute Gasteiger partial charge is 0.497 e. The van der Waals surface area contributed by atoms with Crippen molar-refractivity contribution in [1.29, 1.82) is 0 Å². The standard InChI is InChI=1S/C30H31N3O6S/c1-19-9-14-25(39-4)24(17-19)32-26-27(30(36)33(29(26)35)15-6-16-37-2)40-23-12-10-21(11-13-23)31-28(34)20-7-5-8-22(18-20)38-3/h5,7-14,17-18,32H,6,15-16H2,1-4H3,(H,31,34). The van der Waals surface area contributed by atoms with E-state index >= 15 is 0 Å². The Balaban J connectivity index is 1.56. The SMILES string of the molecule is COCCCN1C(=O)C(Nc2cc(C)ccc2OC)=C(Sc2ccc(NC(=O)c3cccc(OC)c3)cc2)C1=O. The van der Waals surface area contributed by atoms with Crippen molar-refractivity contribution in [1.82, 2.24) is 4.90 Å². The van der Waals surface area contributed by atoms with Gasteiger partial charge in [0.1, 0.15) is 22.1 Å². The van der Waals surface area contributed by atoms with Crippen molar-refractivity contribution in [3.63, 3.8) is 0 Å². The first-order chi connectivity index (χ1) is 19.3. The first kappa shape index (κ1) is 28.7. The second kappa shape index (κ2) is 13.2. The number of nitrogens with one attached hydrogen (secondary N) is 2. The van der Waals surface area contributed by atoms with Crippen LogP contribution in [0.4, 0.5) is 11.4 Å². The van der Waals surface area contributed by atoms with Crippen LogP contribution in [0.1, 0.15) is 22.3 Å². The molecule has 3 amide bonds. The molecule has 0 aliphatic carbocycles. The summed E-state index contributed by atoms with van der Waals surface area (Å²) in [5.74, 6) is 0.0814. The van der Waals surface area contributed by atoms with Crippen LogP contribution in [0.15, 0.2) is 82.2 Å². The van der Waals surface area contributed by atoms with Gasteiger partial charge in [0.2, 0.25) is 0 Å². The molecule has 3 aromatic rings. The van der Waals surface area contributed by atoms with Crippen molar-refractivity contribution >= 4 is 40.9 Å². The third-order valence-corrected chi connectivity index (χ3v) is 7.23. The Morgan fingerprint density at radius 3 is 2.40 bits per heavy atom. The zero-order valence-corrected chi connectivity index (χ0v) is 23.6. The number of benzene rings is 3. The van der Waals surface area contributed by atoms with E-state index in [-0.39, 0.29) is 29.0 Å². The summed E-state index contributed by atoms with van der Waals surface area (Å²) in [6.07, 6.45) is 0.522. The maximum absolute atomic E-state index is 13.4. The van der Waals surface area contributed by atoms with Crippen LogP contribution in [-0.2, 0) is 14.3 Å². The molecule has 10 heteroatoms. The summed E-state index contributed by atoms with van der Waals surface area (Å²) in [4.78, 5) is 41.7. The lowest BCUT2D eigenvalue weighted by Crippen LogP contribution is -2.33. The molecule has 4 rings (SSSR count). The Labute approximate surface area is 237 Å². The number of amides is 3. The van der Waals surface area contributed by atoms with E-state index in [0.717, 1.165) is 10.5 Å². The Hall–Kier alpha value is -4.28. The van der Waals surface area contributed by atoms with Gasteiger partial charge in [-0.05, 0) is 73.5 Å². The van der Waals surface area contributed by atoms with Gasteiger partial charge in [0.25, 0.3) is 17.7 Å². The number of hydrogen-bond donors (Lipinski definition) is 2. The maximum Gasteiger partial charge on any atom is 0.278 e. The first-order valence-corrected chi connectivity index (χ1v) is 13.4. The molecule has 0 radical (unpaired) electrons. The van der Waals surface area contributed by atoms with Crippen LogP contribution >= 0.6 is 11.8 Å². The van der Waals surface area contributed by atoms with Crippen LogP contribution in [0.5, 0.6) is 11.5 Å². The highest BCUT2D eigenvalue weighted by Gasteiger charge is 2.39. The van der Waals surface area contributed by atoms with Crippen molar-refractivity contribution in [3.8, 4) is 11.5 Å². The van der Waals surface area contributed by atoms with Gasteiger partial charge in [-0.15, -0.1) is 0 Å². The number of aryl methyl sites for hydroxylation is 1. The van der Waals surface area contributed by atoms with Crippen LogP contribution in [0, 0.1) is 6.92 Å². The third-order valence-electron chi connectivity index (χ3n) is 6.13. The van der Waals surface area contributed by atoms with Gasteiger partial charge in [-0.1, -0.05) is 23.9 Å². The fraction of sp³-hybridized carbons (Fsp3) is 0.233. The molecule has 40 heavy (non-hydrogen) atoms. The highest BCUT2D eigenvalue weighted by atomic mass is 32.2. The lowest BCUT2D eigenvalue weighted by Gasteiger charge is -2.15. The quantitative estimate of drug-likeness (QED) is 0.233. The molecule has 0 fully saturated rings. The maximum atomic E-state index is 13.4. The summed E-state index contributed by atoms with van der Waals surface area (Å²) in [6, 6.07) is 19.5. The number of imide groups is 1. The molecule has 0 spiro atoms. The average Bonchev–Trinajstić information content (AvgIpc) is 3.18. The van der Waals surface area contributed by atoms with Gasteiger partial charge in [-0.2, -0.15) is 0 Å². The van der Waals surface area contributed by atoms with Crippen LogP contribution in [0.3, 0.4) is 0 Å². The molecule has 0 saturated carbocycles. The van der Waals surface area contributed by atoms with E-state index in [2.05, 4.69) is 10.6 Å². The van der Waals surface area contributed by atoms with Crippen molar-refractivity contribution in [3.05, 3.63) is 88.5 Å². The molecule has 3 aromatic carbocycles. The number of methoxy groups -OCH3 is 3. The van der Waals surface area contributed by atoms with Gasteiger partial charge in [-0.25, -0.2) is 0 Å². The number of carbonyl (C=O) groups is 3. The van der Waals surface area contributed by atoms with E-state index < -0.39 is 5.91 Å². The molecule has 1 aliphatic rings. The van der Waals surface area contributed by atoms with Gasteiger partial charge < -0.3 is 24.8 Å². The molecule has 1 heterocycles. The molecule has 9 nitrogen and oxygen atoms in total. The second-order valence-electron chi connectivity index (χ2n) is 8.95. The van der Waals surface area contributed by atoms with Crippen molar-refractivity contribution in [2.45, 2.75) is 18.2 Å². The zero-order chi connectivity index (χ0) is 28.6. The Kier molecular flexibility index (Phi) is 9.47. The van der Waals surface area contributed by atoms with Crippen molar-refractivity contribution < 1.29 is 28.6 Å². The Morgan fingerprint density at radius 2 is 1.70 bits per heavy atom. The van der Waals surface area contributed by atoms with Gasteiger partial charge in [0, 0.05) is 36.4 Å². The monoisotopic (exact) mass is 561 g/mol. The topological polar surface area (TPSA) is 106 Å². The smallest absolute Gasteiger partial charge is 0.278 e. The molecule has 208 valence electrons. The molecule has 0 bridgehead atoms. The molecular formula is C30H31N3O6S. The number of anilines is 2. The molecule has 0 unspecified atom stereocenters. The van der Waals surface area contributed by atoms with Gasteiger partial charge >= 0.3 is 0 Å². The van der Waals surface area contributed by atoms with E-state index in [9.17, 15) is 14.4 Å². The first-order valence-electron chi connectivity index (χ1n) is 12.6. The number of hydrogen-bond acceptors (Lipinski definition) is 8. The third kappa shape index (κ3) is 6.64. The number of rotatable bonds is 12. The number of carbonyl (C=O) groups excluding carboxylic acids is 3. The molecular weight excluding hydrogens is 530 g/mol. The summed E-state index contributed by atoms with van der Waals surface area (Å²) < 4.78 is 15.8. The normalized spacial score (nSPS) is 13.1. The number of thioether (sulfide) groups is 1. The van der Waals surface area contributed by atoms with Crippen LogP contribution in [0.25, 0.3) is 0 Å². The molecule has 0 saturated heterocycles. The van der Waals surface area contributed by atoms with E-state index in [0.29, 0.717) is 41.5 Å². The lowest BCUT2D eigenvalue weighted by atomic mass is 10.2. The summed E-state index contributed by atoms with van der Waals surface area (Å²) in [5.41, 5.74) is 2.80. The summed E-state index contributed by atoms with van der Waals surface area (Å²) in [5, 5.41) is 6.02. The fourth-order valence-corrected chi connectivity index (χ4v) is 5.02. The van der Waals surface area contributed by atoms with Gasteiger partial charge in [0.05, 0.1) is 19.9 Å². The van der Waals surface area contributed by atoms with Gasteiger partial charge in [0.15, 0.2) is 0 Å². The molecule has 2 N–H and O–H groups in total. The molecule has 0 atom stereocenters. The summed E-state index contributed by atoms with van der Waals surface area (Å²) in [7, 11) is 4.67. The van der Waals surface area contributed by atoms with Crippen LogP contribution in [-0.4, -0.2) is 57.1 Å². The summed E-state index contributed by atoms with van der Waals surface area (Å²) in [6.45, 7) is 2.60. The summed E-state index contributed by atoms with van der Waals surface area (Å²) >= 11 is 1.18. The lowest BCUT2D eigenvalue weighted by molar-refractivity contribution is -0.137. The zero-order valence-electron chi connectivity index (χ0n) is 22.8. The van der Waals surface area contributed by atoms with E-state index in [1.54, 1.807) is 75.9 Å². The highest BCUT2D eigenvalue weighted by molar-refractivity contribution is 8.04. The fourth-order valence-electron chi connectivity index (χ4n) is 4.07. The van der Waals surface area contributed by atoms with Crippen LogP contribution < -0.4 is 20.1 Å². The number of ether oxygens (including phenoxy) is 3. The van der Waals surface area contributed by atoms with Gasteiger partial charge in [-0.3, -0.25) is 19.3 Å². The second-order valence-corrected chi connectivity index (χ2v) is 10.0. The minimum atomic E-state index is -0.408. The minimum Gasteiger partial charge on any atom is -0.497 e. The minimum absolute atomic E-state index is 0.187. The Morgan fingerprint density at radius 1 is 0.925 bits per heavy atom. The Bertz CT molecular complexity index is 1440. The van der Waals surface area contributed by atoms with Crippen molar-refractivity contribution in [2.75, 3.05) is 45.1 Å². The van der Waals surface area contributed by atoms with E-state index in [1.165, 1.54) is 16.7 Å². The molecule has 0 aromatic heterocycles. The van der Waals surface area contributed by atoms with E-state index in [1.807, 2.05) is 19.1 Å². The average molecular weight is 562 g/mol. The predicted octanol–water partition coefficient (Wildman–Crippen LogP) is 5.09. The van der Waals surface area contributed by atoms with E-state index in [4.69, 9.17) is 14.2 Å².